The molecule has 9 heteroatoms. The molecule has 3 rings (SSSR count). The van der Waals surface area contributed by atoms with Crippen LogP contribution in [0, 0.1) is 0 Å². The molecule has 0 saturated carbocycles. The smallest absolute Gasteiger partial charge is 0.253 e. The molecule has 0 bridgehead atoms. The van der Waals surface area contributed by atoms with Crippen molar-refractivity contribution in [1.29, 1.82) is 0 Å². The summed E-state index contributed by atoms with van der Waals surface area (Å²) in [5.74, 6) is -0.344. The van der Waals surface area contributed by atoms with Crippen LogP contribution in [0.25, 0.3) is 0 Å². The monoisotopic (exact) mass is 446 g/mol. The molecule has 8 nitrogen and oxygen atoms in total. The van der Waals surface area contributed by atoms with E-state index in [1.165, 1.54) is 31.8 Å². The first kappa shape index (κ1) is 23.2. The minimum atomic E-state index is -3.64. The number of amides is 1. The number of benzene rings is 2. The number of ether oxygens (including phenoxy) is 1. The maximum absolute atomic E-state index is 12.9. The highest BCUT2D eigenvalue weighted by Gasteiger charge is 2.24. The molecule has 1 atom stereocenters. The molecule has 1 heterocycles. The van der Waals surface area contributed by atoms with Crippen molar-refractivity contribution in [2.45, 2.75) is 17.5 Å². The number of carbonyl (C=O) groups excluding carboxylic acids is 1. The first-order chi connectivity index (χ1) is 14.8. The first-order valence-corrected chi connectivity index (χ1v) is 11.7. The summed E-state index contributed by atoms with van der Waals surface area (Å²) in [6, 6.07) is 14.7. The Morgan fingerprint density at radius 3 is 2.61 bits per heavy atom. The molecule has 2 N–H and O–H groups in total. The van der Waals surface area contributed by atoms with E-state index in [0.29, 0.717) is 25.4 Å². The molecule has 0 aliphatic carbocycles. The van der Waals surface area contributed by atoms with E-state index in [4.69, 9.17) is 4.74 Å². The lowest BCUT2D eigenvalue weighted by Gasteiger charge is -2.33. The molecule has 2 aromatic carbocycles. The topological polar surface area (TPSA) is 91.0 Å². The van der Waals surface area contributed by atoms with Crippen LogP contribution in [0.1, 0.15) is 15.9 Å². The summed E-state index contributed by atoms with van der Waals surface area (Å²) < 4.78 is 31.8. The van der Waals surface area contributed by atoms with Gasteiger partial charge in [0, 0.05) is 53.0 Å². The van der Waals surface area contributed by atoms with Gasteiger partial charge in [-0.3, -0.25) is 9.69 Å². The number of sulfonamides is 1. The molecular weight excluding hydrogens is 416 g/mol. The Morgan fingerprint density at radius 1 is 1.19 bits per heavy atom. The zero-order valence-corrected chi connectivity index (χ0v) is 19.0. The van der Waals surface area contributed by atoms with Crippen LogP contribution in [0.2, 0.25) is 0 Å². The number of rotatable bonds is 8. The van der Waals surface area contributed by atoms with E-state index in [9.17, 15) is 13.2 Å². The average Bonchev–Trinajstić information content (AvgIpc) is 2.77. The second kappa shape index (κ2) is 10.2. The number of carbonyl (C=O) groups is 1. The summed E-state index contributed by atoms with van der Waals surface area (Å²) >= 11 is 0. The summed E-state index contributed by atoms with van der Waals surface area (Å²) in [7, 11) is 0.978. The lowest BCUT2D eigenvalue weighted by atomic mass is 10.1. The molecule has 0 spiro atoms. The maximum Gasteiger partial charge on any atom is 0.253 e. The van der Waals surface area contributed by atoms with E-state index in [1.54, 1.807) is 13.1 Å². The van der Waals surface area contributed by atoms with Crippen LogP contribution >= 0.6 is 0 Å². The van der Waals surface area contributed by atoms with Crippen LogP contribution in [0.3, 0.4) is 0 Å². The highest BCUT2D eigenvalue weighted by atomic mass is 32.2. The molecule has 0 radical (unpaired) electrons. The largest absolute Gasteiger partial charge is 0.387 e. The van der Waals surface area contributed by atoms with E-state index >= 15 is 0 Å². The SMILES string of the molecule is CNc1ccc(S(=O)(=O)N(C)C)cc1C(=O)NCC1CN(Cc2ccccc2)CCO1. The minimum Gasteiger partial charge on any atom is -0.387 e. The van der Waals surface area contributed by atoms with Gasteiger partial charge in [-0.05, 0) is 23.8 Å². The van der Waals surface area contributed by atoms with Crippen LogP contribution in [0.5, 0.6) is 0 Å². The molecule has 1 amide bonds. The summed E-state index contributed by atoms with van der Waals surface area (Å²) in [6.45, 7) is 3.34. The highest BCUT2D eigenvalue weighted by Crippen LogP contribution is 2.22. The van der Waals surface area contributed by atoms with Crippen molar-refractivity contribution in [3.05, 3.63) is 59.7 Å². The Morgan fingerprint density at radius 2 is 1.94 bits per heavy atom. The Labute approximate surface area is 184 Å². The van der Waals surface area contributed by atoms with Gasteiger partial charge >= 0.3 is 0 Å². The highest BCUT2D eigenvalue weighted by molar-refractivity contribution is 7.89. The van der Waals surface area contributed by atoms with Crippen molar-refractivity contribution < 1.29 is 17.9 Å². The third-order valence-electron chi connectivity index (χ3n) is 5.25. The zero-order valence-electron chi connectivity index (χ0n) is 18.2. The lowest BCUT2D eigenvalue weighted by molar-refractivity contribution is -0.0292. The zero-order chi connectivity index (χ0) is 22.4. The fraction of sp³-hybridized carbons (Fsp3) is 0.409. The second-order valence-electron chi connectivity index (χ2n) is 7.67. The molecule has 0 aromatic heterocycles. The molecule has 2 aromatic rings. The van der Waals surface area contributed by atoms with E-state index < -0.39 is 10.0 Å². The Hall–Kier alpha value is -2.46. The fourth-order valence-corrected chi connectivity index (χ4v) is 4.42. The predicted molar refractivity (Wildman–Crippen MR) is 121 cm³/mol. The molecule has 1 unspecified atom stereocenters. The van der Waals surface area contributed by atoms with Gasteiger partial charge in [0.2, 0.25) is 10.0 Å². The van der Waals surface area contributed by atoms with Crippen molar-refractivity contribution in [2.24, 2.45) is 0 Å². The van der Waals surface area contributed by atoms with Gasteiger partial charge in [0.05, 0.1) is 23.2 Å². The van der Waals surface area contributed by atoms with Crippen molar-refractivity contribution in [2.75, 3.05) is 52.7 Å². The van der Waals surface area contributed by atoms with Gasteiger partial charge in [-0.15, -0.1) is 0 Å². The van der Waals surface area contributed by atoms with Gasteiger partial charge in [0.25, 0.3) is 5.91 Å². The molecular formula is C22H30N4O4S. The molecule has 1 saturated heterocycles. The number of nitrogens with one attached hydrogen (secondary N) is 2. The molecule has 1 aliphatic heterocycles. The van der Waals surface area contributed by atoms with Crippen molar-refractivity contribution >= 4 is 21.6 Å². The number of anilines is 1. The van der Waals surface area contributed by atoms with Gasteiger partial charge in [-0.25, -0.2) is 12.7 Å². The average molecular weight is 447 g/mol. The summed E-state index contributed by atoms with van der Waals surface area (Å²) in [5, 5.41) is 5.84. The van der Waals surface area contributed by atoms with Crippen LogP contribution < -0.4 is 10.6 Å². The van der Waals surface area contributed by atoms with E-state index in [1.807, 2.05) is 18.2 Å². The Kier molecular flexibility index (Phi) is 7.66. The second-order valence-corrected chi connectivity index (χ2v) is 9.82. The Balaban J connectivity index is 1.64. The van der Waals surface area contributed by atoms with Crippen molar-refractivity contribution in [3.63, 3.8) is 0 Å². The molecule has 31 heavy (non-hydrogen) atoms. The minimum absolute atomic E-state index is 0.0737. The summed E-state index contributed by atoms with van der Waals surface area (Å²) in [4.78, 5) is 15.2. The van der Waals surface area contributed by atoms with E-state index in [-0.39, 0.29) is 22.5 Å². The molecule has 168 valence electrons. The lowest BCUT2D eigenvalue weighted by Crippen LogP contribution is -2.47. The van der Waals surface area contributed by atoms with Crippen molar-refractivity contribution in [1.82, 2.24) is 14.5 Å². The predicted octanol–water partition coefficient (Wildman–Crippen LogP) is 1.61. The van der Waals surface area contributed by atoms with Gasteiger partial charge in [0.1, 0.15) is 0 Å². The number of nitrogens with zero attached hydrogens (tertiary/aromatic N) is 2. The number of hydrogen-bond donors (Lipinski definition) is 2. The third kappa shape index (κ3) is 5.82. The number of hydrogen-bond acceptors (Lipinski definition) is 6. The van der Waals surface area contributed by atoms with Crippen molar-refractivity contribution in [3.8, 4) is 0 Å². The van der Waals surface area contributed by atoms with Gasteiger partial charge < -0.3 is 15.4 Å². The van der Waals surface area contributed by atoms with Crippen LogP contribution in [-0.2, 0) is 21.3 Å². The van der Waals surface area contributed by atoms with Crippen LogP contribution in [-0.4, -0.2) is 77.0 Å². The van der Waals surface area contributed by atoms with Gasteiger partial charge in [0.15, 0.2) is 0 Å². The quantitative estimate of drug-likeness (QED) is 0.640. The third-order valence-corrected chi connectivity index (χ3v) is 7.06. The van der Waals surface area contributed by atoms with E-state index in [2.05, 4.69) is 27.7 Å². The Bertz CT molecular complexity index is 996. The standard InChI is InChI=1S/C22H30N4O4S/c1-23-21-10-9-19(31(28,29)25(2)3)13-20(21)22(27)24-14-18-16-26(11-12-30-18)15-17-7-5-4-6-8-17/h4-10,13,18,23H,11-12,14-16H2,1-3H3,(H,24,27). The maximum atomic E-state index is 12.9. The van der Waals surface area contributed by atoms with Crippen LogP contribution in [0.4, 0.5) is 5.69 Å². The number of morpholine rings is 1. The molecule has 1 aliphatic rings. The first-order valence-electron chi connectivity index (χ1n) is 10.2. The van der Waals surface area contributed by atoms with Gasteiger partial charge in [-0.2, -0.15) is 0 Å². The van der Waals surface area contributed by atoms with Crippen LogP contribution in [0.15, 0.2) is 53.4 Å². The summed E-state index contributed by atoms with van der Waals surface area (Å²) in [6.07, 6.45) is -0.131. The van der Waals surface area contributed by atoms with Gasteiger partial charge in [-0.1, -0.05) is 30.3 Å². The summed E-state index contributed by atoms with van der Waals surface area (Å²) in [5.41, 5.74) is 2.08. The normalized spacial score (nSPS) is 17.5. The molecule has 1 fully saturated rings. The fourth-order valence-electron chi connectivity index (χ4n) is 3.49. The van der Waals surface area contributed by atoms with E-state index in [0.717, 1.165) is 17.4 Å².